The third kappa shape index (κ3) is 5.38. The first-order valence-corrected chi connectivity index (χ1v) is 6.82. The third-order valence-electron chi connectivity index (χ3n) is 2.95. The van der Waals surface area contributed by atoms with Crippen molar-refractivity contribution in [3.05, 3.63) is 0 Å². The molecule has 1 aliphatic carbocycles. The molecule has 0 aromatic rings. The summed E-state index contributed by atoms with van der Waals surface area (Å²) < 4.78 is 10.5. The van der Waals surface area contributed by atoms with E-state index in [1.807, 2.05) is 0 Å². The lowest BCUT2D eigenvalue weighted by atomic mass is 9.89. The van der Waals surface area contributed by atoms with Crippen LogP contribution < -0.4 is 0 Å². The fourth-order valence-corrected chi connectivity index (χ4v) is 2.71. The molecule has 0 aromatic carbocycles. The van der Waals surface area contributed by atoms with Crippen LogP contribution in [0, 0.1) is 5.92 Å². The van der Waals surface area contributed by atoms with Crippen LogP contribution in [0.15, 0.2) is 0 Å². The zero-order valence-electron chi connectivity index (χ0n) is 8.24. The van der Waals surface area contributed by atoms with Crippen LogP contribution in [0.1, 0.15) is 51.4 Å². The van der Waals surface area contributed by atoms with Crippen molar-refractivity contribution in [1.82, 2.24) is 0 Å². The Morgan fingerprint density at radius 2 is 1.62 bits per heavy atom. The van der Waals surface area contributed by atoms with Crippen molar-refractivity contribution >= 4 is 8.03 Å². The average Bonchev–Trinajstić information content (AvgIpc) is 2.01. The van der Waals surface area contributed by atoms with Crippen molar-refractivity contribution < 1.29 is 9.46 Å². The first-order valence-electron chi connectivity index (χ1n) is 5.42. The van der Waals surface area contributed by atoms with Crippen LogP contribution in [-0.4, -0.2) is 11.1 Å². The normalized spacial score (nSPS) is 22.1. The Morgan fingerprint density at radius 1 is 1.08 bits per heavy atom. The molecule has 1 saturated carbocycles. The molecule has 0 saturated heterocycles. The fraction of sp³-hybridized carbons (Fsp3) is 1.00. The molecular formula is C10H20O2P+. The van der Waals surface area contributed by atoms with Gasteiger partial charge in [0.2, 0.25) is 0 Å². The number of hydrogen-bond donors (Lipinski definition) is 1. The summed E-state index contributed by atoms with van der Waals surface area (Å²) in [4.78, 5) is 8.72. The summed E-state index contributed by atoms with van der Waals surface area (Å²) in [5.41, 5.74) is 0. The van der Waals surface area contributed by atoms with E-state index >= 15 is 0 Å². The Balaban J connectivity index is 2.17. The largest absolute Gasteiger partial charge is 0.505 e. The minimum Gasteiger partial charge on any atom is -0.161 e. The van der Waals surface area contributed by atoms with Gasteiger partial charge in [-0.3, -0.25) is 0 Å². The molecule has 0 aromatic heterocycles. The molecule has 13 heavy (non-hydrogen) atoms. The molecule has 0 amide bonds. The molecule has 1 unspecified atom stereocenters. The first kappa shape index (κ1) is 11.1. The molecule has 1 atom stereocenters. The van der Waals surface area contributed by atoms with Gasteiger partial charge in [0, 0.05) is 0 Å². The minimum atomic E-state index is -1.89. The topological polar surface area (TPSA) is 37.3 Å². The summed E-state index contributed by atoms with van der Waals surface area (Å²) >= 11 is 0. The van der Waals surface area contributed by atoms with E-state index in [0.29, 0.717) is 6.16 Å². The van der Waals surface area contributed by atoms with E-state index in [9.17, 15) is 4.57 Å². The van der Waals surface area contributed by atoms with Gasteiger partial charge >= 0.3 is 8.03 Å². The van der Waals surface area contributed by atoms with Gasteiger partial charge in [-0.1, -0.05) is 44.9 Å². The average molecular weight is 203 g/mol. The summed E-state index contributed by atoms with van der Waals surface area (Å²) in [5.74, 6) is 0.728. The monoisotopic (exact) mass is 203 g/mol. The number of rotatable bonds is 3. The molecule has 1 aliphatic rings. The second kappa shape index (κ2) is 6.50. The predicted molar refractivity (Wildman–Crippen MR) is 55.1 cm³/mol. The lowest BCUT2D eigenvalue weighted by molar-refractivity contribution is 0.367. The van der Waals surface area contributed by atoms with E-state index in [0.717, 1.165) is 12.3 Å². The van der Waals surface area contributed by atoms with Crippen molar-refractivity contribution in [3.8, 4) is 0 Å². The van der Waals surface area contributed by atoms with Gasteiger partial charge in [0.15, 0.2) is 6.16 Å². The molecule has 1 fully saturated rings. The van der Waals surface area contributed by atoms with Gasteiger partial charge in [-0.15, -0.1) is 0 Å². The van der Waals surface area contributed by atoms with Gasteiger partial charge in [-0.25, -0.2) is 0 Å². The maximum Gasteiger partial charge on any atom is 0.505 e. The van der Waals surface area contributed by atoms with E-state index in [1.165, 1.54) is 44.9 Å². The molecule has 0 heterocycles. The predicted octanol–water partition coefficient (Wildman–Crippen LogP) is 3.47. The molecule has 1 N–H and O–H groups in total. The Kier molecular flexibility index (Phi) is 5.57. The molecule has 2 nitrogen and oxygen atoms in total. The van der Waals surface area contributed by atoms with E-state index in [-0.39, 0.29) is 0 Å². The molecular weight excluding hydrogens is 183 g/mol. The van der Waals surface area contributed by atoms with Gasteiger partial charge in [-0.2, -0.15) is 4.89 Å². The number of hydrogen-bond acceptors (Lipinski definition) is 1. The molecule has 3 heteroatoms. The van der Waals surface area contributed by atoms with Crippen LogP contribution in [0.3, 0.4) is 0 Å². The van der Waals surface area contributed by atoms with E-state index in [4.69, 9.17) is 4.89 Å². The standard InChI is InChI=1S/C10H19O2P/c11-13(12)9-8-10-6-4-2-1-3-5-7-10/h10H,1-9H2/p+1. The smallest absolute Gasteiger partial charge is 0.161 e. The highest BCUT2D eigenvalue weighted by Crippen LogP contribution is 2.27. The van der Waals surface area contributed by atoms with Crippen LogP contribution in [-0.2, 0) is 4.57 Å². The van der Waals surface area contributed by atoms with Crippen LogP contribution in [0.2, 0.25) is 0 Å². The van der Waals surface area contributed by atoms with Gasteiger partial charge in [0.25, 0.3) is 0 Å². The third-order valence-corrected chi connectivity index (χ3v) is 3.59. The summed E-state index contributed by atoms with van der Waals surface area (Å²) in [6, 6.07) is 0. The van der Waals surface area contributed by atoms with Crippen molar-refractivity contribution in [3.63, 3.8) is 0 Å². The molecule has 1 rings (SSSR count). The lowest BCUT2D eigenvalue weighted by Gasteiger charge is -2.17. The molecule has 0 radical (unpaired) electrons. The zero-order valence-corrected chi connectivity index (χ0v) is 9.14. The summed E-state index contributed by atoms with van der Waals surface area (Å²) in [6.07, 6.45) is 10.8. The second-order valence-electron chi connectivity index (χ2n) is 4.08. The SMILES string of the molecule is O=[P+](O)CCC1CCCCCCC1. The Morgan fingerprint density at radius 3 is 2.15 bits per heavy atom. The molecule has 0 aliphatic heterocycles. The quantitative estimate of drug-likeness (QED) is 0.713. The summed E-state index contributed by atoms with van der Waals surface area (Å²) in [5, 5.41) is 0. The highest BCUT2D eigenvalue weighted by Gasteiger charge is 2.17. The van der Waals surface area contributed by atoms with E-state index in [1.54, 1.807) is 0 Å². The molecule has 76 valence electrons. The minimum absolute atomic E-state index is 0.514. The van der Waals surface area contributed by atoms with Crippen molar-refractivity contribution in [2.45, 2.75) is 51.4 Å². The van der Waals surface area contributed by atoms with Crippen LogP contribution >= 0.6 is 8.03 Å². The maximum absolute atomic E-state index is 10.5. The van der Waals surface area contributed by atoms with E-state index < -0.39 is 8.03 Å². The zero-order chi connectivity index (χ0) is 9.52. The Hall–Kier alpha value is 0.0600. The second-order valence-corrected chi connectivity index (χ2v) is 5.23. The summed E-state index contributed by atoms with van der Waals surface area (Å²) in [7, 11) is -1.89. The van der Waals surface area contributed by atoms with Crippen LogP contribution in [0.25, 0.3) is 0 Å². The Bertz CT molecular complexity index is 151. The van der Waals surface area contributed by atoms with Gasteiger partial charge < -0.3 is 0 Å². The van der Waals surface area contributed by atoms with Gasteiger partial charge in [0.1, 0.15) is 0 Å². The van der Waals surface area contributed by atoms with Crippen molar-refractivity contribution in [2.24, 2.45) is 5.92 Å². The Labute approximate surface area is 81.6 Å². The van der Waals surface area contributed by atoms with Crippen molar-refractivity contribution in [1.29, 1.82) is 0 Å². The highest BCUT2D eigenvalue weighted by atomic mass is 31.1. The van der Waals surface area contributed by atoms with Crippen LogP contribution in [0.5, 0.6) is 0 Å². The molecule has 0 spiro atoms. The van der Waals surface area contributed by atoms with E-state index in [2.05, 4.69) is 0 Å². The van der Waals surface area contributed by atoms with Gasteiger partial charge in [-0.05, 0) is 16.9 Å². The maximum atomic E-state index is 10.5. The fourth-order valence-electron chi connectivity index (χ4n) is 2.12. The van der Waals surface area contributed by atoms with Gasteiger partial charge in [0.05, 0.1) is 0 Å². The van der Waals surface area contributed by atoms with Crippen molar-refractivity contribution in [2.75, 3.05) is 6.16 Å². The highest BCUT2D eigenvalue weighted by molar-refractivity contribution is 7.37. The first-order chi connectivity index (χ1) is 6.29. The summed E-state index contributed by atoms with van der Waals surface area (Å²) in [6.45, 7) is 0. The van der Waals surface area contributed by atoms with Crippen LogP contribution in [0.4, 0.5) is 0 Å². The molecule has 0 bridgehead atoms. The lowest BCUT2D eigenvalue weighted by Crippen LogP contribution is -2.04.